The molecule has 0 unspecified atom stereocenters. The molecule has 2 nitrogen and oxygen atoms in total. The van der Waals surface area contributed by atoms with Gasteiger partial charge >= 0.3 is 0 Å². The Morgan fingerprint density at radius 3 is 1.46 bits per heavy atom. The number of hydrogen-bond acceptors (Lipinski definition) is 2. The van der Waals surface area contributed by atoms with Crippen LogP contribution in [-0.2, 0) is 4.43 Å². The Morgan fingerprint density at radius 1 is 0.714 bits per heavy atom. The molecule has 0 saturated heterocycles. The number of aliphatic hydroxyl groups is 1. The second-order valence-corrected chi connectivity index (χ2v) is 12.6. The fraction of sp³-hybridized carbons (Fsp3) is 0.280. The van der Waals surface area contributed by atoms with E-state index < -0.39 is 20.5 Å². The number of hydrogen-bond donors (Lipinski definition) is 1. The molecule has 146 valence electrons. The van der Waals surface area contributed by atoms with Crippen LogP contribution in [0.3, 0.4) is 0 Å². The molecule has 0 aliphatic heterocycles. The smallest absolute Gasteiger partial charge is 0.262 e. The van der Waals surface area contributed by atoms with Gasteiger partial charge in [0.05, 0.1) is 12.2 Å². The van der Waals surface area contributed by atoms with Crippen LogP contribution < -0.4 is 10.4 Å². The predicted molar refractivity (Wildman–Crippen MR) is 120 cm³/mol. The molecule has 0 aromatic heterocycles. The Hall–Kier alpha value is -2.20. The highest BCUT2D eigenvalue weighted by atomic mass is 28.4. The Bertz CT molecular complexity index is 816. The van der Waals surface area contributed by atoms with E-state index in [4.69, 9.17) is 4.43 Å². The van der Waals surface area contributed by atoms with Gasteiger partial charge in [-0.05, 0) is 27.9 Å². The van der Waals surface area contributed by atoms with Crippen molar-refractivity contribution >= 4 is 18.7 Å². The van der Waals surface area contributed by atoms with Crippen molar-refractivity contribution in [1.82, 2.24) is 0 Å². The van der Waals surface area contributed by atoms with Crippen LogP contribution >= 0.6 is 0 Å². The lowest BCUT2D eigenvalue weighted by atomic mass is 10.1. The fourth-order valence-electron chi connectivity index (χ4n) is 3.97. The normalized spacial score (nSPS) is 14.5. The predicted octanol–water partition coefficient (Wildman–Crippen LogP) is 4.69. The summed E-state index contributed by atoms with van der Waals surface area (Å²) >= 11 is 0. The van der Waals surface area contributed by atoms with Gasteiger partial charge in [-0.1, -0.05) is 112 Å². The highest BCUT2D eigenvalue weighted by molar-refractivity contribution is 6.99. The Labute approximate surface area is 170 Å². The van der Waals surface area contributed by atoms with Crippen molar-refractivity contribution in [3.05, 3.63) is 96.6 Å². The first-order valence-corrected chi connectivity index (χ1v) is 11.8. The molecule has 3 aromatic rings. The van der Waals surface area contributed by atoms with Gasteiger partial charge in [0, 0.05) is 0 Å². The van der Waals surface area contributed by atoms with Crippen LogP contribution in [-0.4, -0.2) is 19.5 Å². The van der Waals surface area contributed by atoms with Crippen LogP contribution in [0, 0.1) is 0 Å². The second-order valence-electron chi connectivity index (χ2n) is 8.35. The molecule has 0 saturated carbocycles. The summed E-state index contributed by atoms with van der Waals surface area (Å²) in [5.74, 6) is 0. The van der Waals surface area contributed by atoms with Gasteiger partial charge in [0.1, 0.15) is 0 Å². The van der Waals surface area contributed by atoms with Gasteiger partial charge in [-0.15, -0.1) is 0 Å². The van der Waals surface area contributed by atoms with Crippen LogP contribution in [0.2, 0.25) is 5.04 Å². The molecule has 3 heteroatoms. The SMILES string of the molecule is C[C@@H](O)[C@@H](O[Si](c1ccccc1)(c1ccccc1)C(C)(C)C)c1ccccc1. The van der Waals surface area contributed by atoms with E-state index in [0.717, 1.165) is 5.56 Å². The third-order valence-electron chi connectivity index (χ3n) is 5.29. The maximum absolute atomic E-state index is 10.7. The molecule has 0 radical (unpaired) electrons. The minimum absolute atomic E-state index is 0.127. The average Bonchev–Trinajstić information content (AvgIpc) is 2.70. The number of benzene rings is 3. The molecular formula is C25H30O2Si. The fourth-order valence-corrected chi connectivity index (χ4v) is 8.70. The molecule has 0 aliphatic rings. The van der Waals surface area contributed by atoms with Gasteiger partial charge in [-0.25, -0.2) is 0 Å². The zero-order chi connectivity index (χ0) is 20.2. The van der Waals surface area contributed by atoms with Crippen molar-refractivity contribution < 1.29 is 9.53 Å². The lowest BCUT2D eigenvalue weighted by Gasteiger charge is -2.45. The molecule has 3 aromatic carbocycles. The van der Waals surface area contributed by atoms with E-state index in [-0.39, 0.29) is 5.04 Å². The van der Waals surface area contributed by atoms with Crippen molar-refractivity contribution in [1.29, 1.82) is 0 Å². The molecule has 28 heavy (non-hydrogen) atoms. The van der Waals surface area contributed by atoms with Crippen LogP contribution in [0.1, 0.15) is 39.4 Å². The minimum atomic E-state index is -2.72. The maximum atomic E-state index is 10.7. The van der Waals surface area contributed by atoms with Crippen molar-refractivity contribution in [2.45, 2.75) is 44.9 Å². The van der Waals surface area contributed by atoms with Crippen LogP contribution in [0.5, 0.6) is 0 Å². The Kier molecular flexibility index (Phi) is 6.19. The van der Waals surface area contributed by atoms with Gasteiger partial charge in [-0.2, -0.15) is 0 Å². The summed E-state index contributed by atoms with van der Waals surface area (Å²) in [4.78, 5) is 0. The topological polar surface area (TPSA) is 29.5 Å². The first-order chi connectivity index (χ1) is 13.4. The van der Waals surface area contributed by atoms with Gasteiger partial charge < -0.3 is 9.53 Å². The van der Waals surface area contributed by atoms with Gasteiger partial charge in [0.25, 0.3) is 8.32 Å². The summed E-state index contributed by atoms with van der Waals surface area (Å²) in [5, 5.41) is 13.0. The van der Waals surface area contributed by atoms with Crippen LogP contribution in [0.15, 0.2) is 91.0 Å². The summed E-state index contributed by atoms with van der Waals surface area (Å²) in [5.41, 5.74) is 1.01. The van der Waals surface area contributed by atoms with Crippen molar-refractivity contribution in [2.24, 2.45) is 0 Å². The van der Waals surface area contributed by atoms with E-state index in [9.17, 15) is 5.11 Å². The van der Waals surface area contributed by atoms with Crippen molar-refractivity contribution in [3.8, 4) is 0 Å². The first kappa shape index (κ1) is 20.5. The molecule has 0 amide bonds. The van der Waals surface area contributed by atoms with E-state index >= 15 is 0 Å². The molecule has 0 spiro atoms. The van der Waals surface area contributed by atoms with E-state index in [2.05, 4.69) is 69.3 Å². The zero-order valence-electron chi connectivity index (χ0n) is 17.2. The molecular weight excluding hydrogens is 360 g/mol. The second kappa shape index (κ2) is 8.44. The molecule has 0 heterocycles. The van der Waals surface area contributed by atoms with Crippen LogP contribution in [0.4, 0.5) is 0 Å². The van der Waals surface area contributed by atoms with Gasteiger partial charge in [0.2, 0.25) is 0 Å². The largest absolute Gasteiger partial charge is 0.398 e. The third-order valence-corrected chi connectivity index (χ3v) is 10.3. The average molecular weight is 391 g/mol. The monoisotopic (exact) mass is 390 g/mol. The van der Waals surface area contributed by atoms with Crippen molar-refractivity contribution in [2.75, 3.05) is 0 Å². The molecule has 3 rings (SSSR count). The lowest BCUT2D eigenvalue weighted by Crippen LogP contribution is -2.67. The molecule has 1 N–H and O–H groups in total. The lowest BCUT2D eigenvalue weighted by molar-refractivity contribution is 0.0413. The molecule has 2 atom stereocenters. The molecule has 0 aliphatic carbocycles. The van der Waals surface area contributed by atoms with Crippen molar-refractivity contribution in [3.63, 3.8) is 0 Å². The number of aliphatic hydroxyl groups excluding tert-OH is 1. The standard InChI is InChI=1S/C25H30O2Si/c1-20(26)24(21-14-8-5-9-15-21)27-28(25(2,3)4,22-16-10-6-11-17-22)23-18-12-7-13-19-23/h5-20,24,26H,1-4H3/t20-,24-/m1/s1. The third kappa shape index (κ3) is 3.97. The first-order valence-electron chi connectivity index (χ1n) is 9.88. The maximum Gasteiger partial charge on any atom is 0.262 e. The summed E-state index contributed by atoms with van der Waals surface area (Å²) in [7, 11) is -2.72. The zero-order valence-corrected chi connectivity index (χ0v) is 18.2. The van der Waals surface area contributed by atoms with E-state index in [0.29, 0.717) is 0 Å². The quantitative estimate of drug-likeness (QED) is 0.619. The molecule has 0 bridgehead atoms. The summed E-state index contributed by atoms with van der Waals surface area (Å²) in [6, 6.07) is 31.2. The van der Waals surface area contributed by atoms with Gasteiger partial charge in [-0.3, -0.25) is 0 Å². The van der Waals surface area contributed by atoms with E-state index in [1.165, 1.54) is 10.4 Å². The summed E-state index contributed by atoms with van der Waals surface area (Å²) in [6.07, 6.45) is -1.02. The van der Waals surface area contributed by atoms with E-state index in [1.807, 2.05) is 49.4 Å². The Balaban J connectivity index is 2.23. The highest BCUT2D eigenvalue weighted by Crippen LogP contribution is 2.40. The van der Waals surface area contributed by atoms with Gasteiger partial charge in [0.15, 0.2) is 0 Å². The highest BCUT2D eigenvalue weighted by Gasteiger charge is 2.52. The van der Waals surface area contributed by atoms with E-state index in [1.54, 1.807) is 0 Å². The summed E-state index contributed by atoms with van der Waals surface area (Å²) < 4.78 is 7.11. The molecule has 0 fully saturated rings. The summed E-state index contributed by atoms with van der Waals surface area (Å²) in [6.45, 7) is 8.57. The minimum Gasteiger partial charge on any atom is -0.398 e. The van der Waals surface area contributed by atoms with Crippen LogP contribution in [0.25, 0.3) is 0 Å². The Morgan fingerprint density at radius 2 is 1.11 bits per heavy atom. The number of rotatable bonds is 6.